The zero-order valence-electron chi connectivity index (χ0n) is 10.8. The van der Waals surface area contributed by atoms with Crippen molar-refractivity contribution in [1.82, 2.24) is 15.0 Å². The van der Waals surface area contributed by atoms with Crippen LogP contribution in [0.3, 0.4) is 0 Å². The second-order valence-electron chi connectivity index (χ2n) is 4.38. The first kappa shape index (κ1) is 13.6. The summed E-state index contributed by atoms with van der Waals surface area (Å²) in [7, 11) is -4.23. The lowest BCUT2D eigenvalue weighted by atomic mass is 10.4. The Morgan fingerprint density at radius 1 is 1.10 bits per heavy atom. The van der Waals surface area contributed by atoms with Crippen LogP contribution in [-0.4, -0.2) is 23.4 Å². The molecule has 0 unspecified atom stereocenters. The van der Waals surface area contributed by atoms with Gasteiger partial charge < -0.3 is 4.98 Å². The second-order valence-corrected chi connectivity index (χ2v) is 6.27. The SMILES string of the molecule is Cc1nc2nc(F)c(F)c(S(=O)(=O)c3ccccc3)c2[nH]1. The van der Waals surface area contributed by atoms with Gasteiger partial charge in [0.25, 0.3) is 5.95 Å². The maximum Gasteiger partial charge on any atom is 0.252 e. The Hall–Kier alpha value is -2.35. The summed E-state index contributed by atoms with van der Waals surface area (Å²) in [5.41, 5.74) is -0.323. The third-order valence-electron chi connectivity index (χ3n) is 2.94. The highest BCUT2D eigenvalue weighted by Crippen LogP contribution is 2.29. The molecule has 2 heterocycles. The molecule has 3 rings (SSSR count). The van der Waals surface area contributed by atoms with Gasteiger partial charge in [-0.1, -0.05) is 18.2 Å². The molecule has 21 heavy (non-hydrogen) atoms. The summed E-state index contributed by atoms with van der Waals surface area (Å²) in [6.07, 6.45) is 0. The number of H-pyrrole nitrogens is 1. The Labute approximate surface area is 118 Å². The Morgan fingerprint density at radius 2 is 1.76 bits per heavy atom. The van der Waals surface area contributed by atoms with E-state index in [0.717, 1.165) is 0 Å². The fourth-order valence-corrected chi connectivity index (χ4v) is 3.52. The van der Waals surface area contributed by atoms with E-state index in [1.54, 1.807) is 6.07 Å². The van der Waals surface area contributed by atoms with Crippen LogP contribution >= 0.6 is 0 Å². The molecule has 0 saturated carbocycles. The van der Waals surface area contributed by atoms with Gasteiger partial charge in [-0.3, -0.25) is 0 Å². The third kappa shape index (κ3) is 2.07. The lowest BCUT2D eigenvalue weighted by Crippen LogP contribution is -2.08. The van der Waals surface area contributed by atoms with Crippen LogP contribution in [0, 0.1) is 18.7 Å². The van der Waals surface area contributed by atoms with Crippen molar-refractivity contribution in [2.24, 2.45) is 0 Å². The topological polar surface area (TPSA) is 75.7 Å². The van der Waals surface area contributed by atoms with Gasteiger partial charge in [-0.2, -0.15) is 9.37 Å². The number of nitrogens with zero attached hydrogens (tertiary/aromatic N) is 2. The summed E-state index contributed by atoms with van der Waals surface area (Å²) in [5.74, 6) is -2.70. The summed E-state index contributed by atoms with van der Waals surface area (Å²) in [4.78, 5) is 8.86. The minimum Gasteiger partial charge on any atom is -0.340 e. The van der Waals surface area contributed by atoms with E-state index >= 15 is 0 Å². The molecule has 108 valence electrons. The summed E-state index contributed by atoms with van der Waals surface area (Å²) in [6, 6.07) is 7.23. The number of aromatic nitrogens is 3. The molecule has 0 fully saturated rings. The lowest BCUT2D eigenvalue weighted by molar-refractivity contribution is 0.464. The van der Waals surface area contributed by atoms with E-state index in [1.807, 2.05) is 0 Å². The number of nitrogens with one attached hydrogen (secondary N) is 1. The average molecular weight is 309 g/mol. The van der Waals surface area contributed by atoms with E-state index in [-0.39, 0.29) is 16.1 Å². The maximum absolute atomic E-state index is 14.1. The quantitative estimate of drug-likeness (QED) is 0.737. The number of aromatic amines is 1. The number of imidazole rings is 1. The molecule has 0 bridgehead atoms. The van der Waals surface area contributed by atoms with Gasteiger partial charge in [-0.25, -0.2) is 17.8 Å². The van der Waals surface area contributed by atoms with Crippen LogP contribution in [0.25, 0.3) is 11.2 Å². The predicted molar refractivity (Wildman–Crippen MR) is 70.4 cm³/mol. The number of halogens is 2. The van der Waals surface area contributed by atoms with Gasteiger partial charge >= 0.3 is 0 Å². The van der Waals surface area contributed by atoms with Crippen molar-refractivity contribution in [3.63, 3.8) is 0 Å². The first-order valence-corrected chi connectivity index (χ1v) is 7.41. The molecule has 0 atom stereocenters. The highest BCUT2D eigenvalue weighted by Gasteiger charge is 2.29. The second kappa shape index (κ2) is 4.59. The molecule has 0 aliphatic rings. The Kier molecular flexibility index (Phi) is 2.98. The van der Waals surface area contributed by atoms with Gasteiger partial charge in [0.1, 0.15) is 16.2 Å². The van der Waals surface area contributed by atoms with Crippen molar-refractivity contribution >= 4 is 21.0 Å². The molecule has 0 aliphatic carbocycles. The van der Waals surface area contributed by atoms with Crippen LogP contribution < -0.4 is 0 Å². The van der Waals surface area contributed by atoms with Gasteiger partial charge in [0.05, 0.1) is 4.90 Å². The van der Waals surface area contributed by atoms with Crippen molar-refractivity contribution in [2.75, 3.05) is 0 Å². The zero-order chi connectivity index (χ0) is 15.2. The first-order valence-electron chi connectivity index (χ1n) is 5.92. The minimum atomic E-state index is -4.23. The van der Waals surface area contributed by atoms with Crippen LogP contribution in [0.4, 0.5) is 8.78 Å². The Bertz CT molecular complexity index is 937. The molecular formula is C13H9F2N3O2S. The van der Waals surface area contributed by atoms with Crippen molar-refractivity contribution in [1.29, 1.82) is 0 Å². The highest BCUT2D eigenvalue weighted by atomic mass is 32.2. The van der Waals surface area contributed by atoms with E-state index in [2.05, 4.69) is 15.0 Å². The van der Waals surface area contributed by atoms with Crippen LogP contribution in [0.1, 0.15) is 5.82 Å². The maximum atomic E-state index is 14.1. The summed E-state index contributed by atoms with van der Waals surface area (Å²) < 4.78 is 52.7. The summed E-state index contributed by atoms with van der Waals surface area (Å²) >= 11 is 0. The molecular weight excluding hydrogens is 300 g/mol. The fourth-order valence-electron chi connectivity index (χ4n) is 2.03. The number of rotatable bonds is 2. The first-order chi connectivity index (χ1) is 9.91. The number of pyridine rings is 1. The molecule has 0 saturated heterocycles. The van der Waals surface area contributed by atoms with Crippen LogP contribution in [0.5, 0.6) is 0 Å². The van der Waals surface area contributed by atoms with E-state index < -0.39 is 26.5 Å². The molecule has 1 aromatic carbocycles. The fraction of sp³-hybridized carbons (Fsp3) is 0.0769. The Morgan fingerprint density at radius 3 is 2.43 bits per heavy atom. The number of benzene rings is 1. The van der Waals surface area contributed by atoms with Gasteiger partial charge in [0, 0.05) is 0 Å². The van der Waals surface area contributed by atoms with Gasteiger partial charge in [-0.05, 0) is 19.1 Å². The molecule has 0 amide bonds. The standard InChI is InChI=1S/C13H9F2N3O2S/c1-7-16-10-11(9(14)12(15)18-13(10)17-7)21(19,20)8-5-3-2-4-6-8/h2-6H,1H3,(H,16,17,18). The number of hydrogen-bond donors (Lipinski definition) is 1. The number of fused-ring (bicyclic) bond motifs is 1. The van der Waals surface area contributed by atoms with Gasteiger partial charge in [-0.15, -0.1) is 0 Å². The number of hydrogen-bond acceptors (Lipinski definition) is 4. The molecule has 5 nitrogen and oxygen atoms in total. The normalized spacial score (nSPS) is 12.0. The van der Waals surface area contributed by atoms with E-state index in [4.69, 9.17) is 0 Å². The average Bonchev–Trinajstić information content (AvgIpc) is 2.80. The summed E-state index contributed by atoms with van der Waals surface area (Å²) in [5, 5.41) is 0. The smallest absolute Gasteiger partial charge is 0.252 e. The van der Waals surface area contributed by atoms with Gasteiger partial charge in [0.15, 0.2) is 11.5 Å². The van der Waals surface area contributed by atoms with Crippen molar-refractivity contribution in [3.05, 3.63) is 47.9 Å². The molecule has 0 spiro atoms. The van der Waals surface area contributed by atoms with E-state index in [9.17, 15) is 17.2 Å². The van der Waals surface area contributed by atoms with Crippen LogP contribution in [0.15, 0.2) is 40.1 Å². The molecule has 8 heteroatoms. The molecule has 0 aliphatic heterocycles. The lowest BCUT2D eigenvalue weighted by Gasteiger charge is -2.07. The van der Waals surface area contributed by atoms with Crippen molar-refractivity contribution in [3.8, 4) is 0 Å². The van der Waals surface area contributed by atoms with E-state index in [1.165, 1.54) is 31.2 Å². The third-order valence-corrected chi connectivity index (χ3v) is 4.75. The van der Waals surface area contributed by atoms with Crippen molar-refractivity contribution in [2.45, 2.75) is 16.7 Å². The van der Waals surface area contributed by atoms with Crippen LogP contribution in [0.2, 0.25) is 0 Å². The summed E-state index contributed by atoms with van der Waals surface area (Å²) in [6.45, 7) is 1.54. The zero-order valence-corrected chi connectivity index (χ0v) is 11.6. The monoisotopic (exact) mass is 309 g/mol. The minimum absolute atomic E-state index is 0.136. The molecule has 0 radical (unpaired) electrons. The highest BCUT2D eigenvalue weighted by molar-refractivity contribution is 7.91. The predicted octanol–water partition coefficient (Wildman–Crippen LogP) is 2.38. The Balaban J connectivity index is 2.42. The number of sulfone groups is 1. The van der Waals surface area contributed by atoms with Gasteiger partial charge in [0.2, 0.25) is 9.84 Å². The molecule has 1 N–H and O–H groups in total. The largest absolute Gasteiger partial charge is 0.340 e. The number of aryl methyl sites for hydroxylation is 1. The molecule has 3 aromatic rings. The van der Waals surface area contributed by atoms with Crippen molar-refractivity contribution < 1.29 is 17.2 Å². The van der Waals surface area contributed by atoms with E-state index in [0.29, 0.717) is 5.82 Å². The molecule has 2 aromatic heterocycles. The van der Waals surface area contributed by atoms with Crippen LogP contribution in [-0.2, 0) is 9.84 Å².